The number of carbonyl (C=O) groups excluding carboxylic acids is 1. The molecule has 0 aliphatic carbocycles. The molecule has 96 valence electrons. The molecule has 1 atom stereocenters. The third kappa shape index (κ3) is 4.44. The zero-order valence-corrected chi connectivity index (χ0v) is 11.4. The van der Waals surface area contributed by atoms with E-state index in [9.17, 15) is 4.79 Å². The Balaban J connectivity index is 2.66. The number of nitrogens with zero attached hydrogens (tertiary/aromatic N) is 1. The molecule has 0 aliphatic heterocycles. The molecule has 4 nitrogen and oxygen atoms in total. The van der Waals surface area contributed by atoms with E-state index in [0.29, 0.717) is 6.61 Å². The summed E-state index contributed by atoms with van der Waals surface area (Å²) in [5.41, 5.74) is 0.762. The van der Waals surface area contributed by atoms with Crippen LogP contribution < -0.4 is 0 Å². The third-order valence-electron chi connectivity index (χ3n) is 2.32. The first-order chi connectivity index (χ1) is 8.21. The highest BCUT2D eigenvalue weighted by molar-refractivity contribution is 7.09. The standard InChI is InChI=1S/C12H19NO3S/c1-4-6-10(16-5-2)12-13-9(8-17-12)7-11(14)15-3/h8,10H,4-7H2,1-3H3. The van der Waals surface area contributed by atoms with E-state index in [-0.39, 0.29) is 18.5 Å². The molecular formula is C12H19NO3S. The number of thiazole rings is 1. The summed E-state index contributed by atoms with van der Waals surface area (Å²) in [6.45, 7) is 4.77. The van der Waals surface area contributed by atoms with Gasteiger partial charge in [0.2, 0.25) is 0 Å². The monoisotopic (exact) mass is 257 g/mol. The number of hydrogen-bond acceptors (Lipinski definition) is 5. The maximum absolute atomic E-state index is 11.1. The van der Waals surface area contributed by atoms with Crippen molar-refractivity contribution in [2.75, 3.05) is 13.7 Å². The molecule has 5 heteroatoms. The van der Waals surface area contributed by atoms with Gasteiger partial charge in [0, 0.05) is 12.0 Å². The Hall–Kier alpha value is -0.940. The molecule has 1 unspecified atom stereocenters. The van der Waals surface area contributed by atoms with Crippen molar-refractivity contribution in [3.63, 3.8) is 0 Å². The minimum absolute atomic E-state index is 0.0568. The zero-order valence-electron chi connectivity index (χ0n) is 10.6. The van der Waals surface area contributed by atoms with E-state index in [1.807, 2.05) is 12.3 Å². The molecule has 0 fully saturated rings. The van der Waals surface area contributed by atoms with Crippen molar-refractivity contribution in [1.82, 2.24) is 4.98 Å². The van der Waals surface area contributed by atoms with E-state index in [0.717, 1.165) is 23.5 Å². The summed E-state index contributed by atoms with van der Waals surface area (Å²) >= 11 is 1.55. The van der Waals surface area contributed by atoms with Gasteiger partial charge in [0.1, 0.15) is 11.1 Å². The average molecular weight is 257 g/mol. The molecule has 0 radical (unpaired) electrons. The van der Waals surface area contributed by atoms with Crippen LogP contribution in [0.5, 0.6) is 0 Å². The predicted octanol–water partition coefficient (Wildman–Crippen LogP) is 2.74. The summed E-state index contributed by atoms with van der Waals surface area (Å²) < 4.78 is 10.3. The van der Waals surface area contributed by atoms with E-state index in [1.165, 1.54) is 7.11 Å². The summed E-state index contributed by atoms with van der Waals surface area (Å²) in [7, 11) is 1.38. The van der Waals surface area contributed by atoms with Crippen molar-refractivity contribution in [3.8, 4) is 0 Å². The van der Waals surface area contributed by atoms with Gasteiger partial charge in [0.25, 0.3) is 0 Å². The van der Waals surface area contributed by atoms with Gasteiger partial charge in [0.05, 0.1) is 19.2 Å². The van der Waals surface area contributed by atoms with Crippen molar-refractivity contribution in [2.24, 2.45) is 0 Å². The summed E-state index contributed by atoms with van der Waals surface area (Å²) in [4.78, 5) is 15.6. The fraction of sp³-hybridized carbons (Fsp3) is 0.667. The highest BCUT2D eigenvalue weighted by Crippen LogP contribution is 2.26. The highest BCUT2D eigenvalue weighted by Gasteiger charge is 2.16. The molecule has 0 bridgehead atoms. The smallest absolute Gasteiger partial charge is 0.311 e. The minimum Gasteiger partial charge on any atom is -0.469 e. The Morgan fingerprint density at radius 2 is 2.29 bits per heavy atom. The van der Waals surface area contributed by atoms with Crippen molar-refractivity contribution >= 4 is 17.3 Å². The minimum atomic E-state index is -0.259. The normalized spacial score (nSPS) is 12.4. The molecule has 0 aromatic carbocycles. The Morgan fingerprint density at radius 3 is 2.88 bits per heavy atom. The quantitative estimate of drug-likeness (QED) is 0.705. The Labute approximate surface area is 106 Å². The summed E-state index contributed by atoms with van der Waals surface area (Å²) in [5.74, 6) is -0.259. The van der Waals surface area contributed by atoms with Crippen molar-refractivity contribution < 1.29 is 14.3 Å². The van der Waals surface area contributed by atoms with Gasteiger partial charge >= 0.3 is 5.97 Å². The van der Waals surface area contributed by atoms with Crippen LogP contribution in [0, 0.1) is 0 Å². The molecule has 1 rings (SSSR count). The highest BCUT2D eigenvalue weighted by atomic mass is 32.1. The van der Waals surface area contributed by atoms with Gasteiger partial charge < -0.3 is 9.47 Å². The van der Waals surface area contributed by atoms with Crippen LogP contribution in [0.4, 0.5) is 0 Å². The van der Waals surface area contributed by atoms with Crippen LogP contribution in [0.2, 0.25) is 0 Å². The molecule has 1 heterocycles. The first-order valence-electron chi connectivity index (χ1n) is 5.83. The van der Waals surface area contributed by atoms with E-state index in [2.05, 4.69) is 16.6 Å². The van der Waals surface area contributed by atoms with Gasteiger partial charge in [-0.05, 0) is 13.3 Å². The van der Waals surface area contributed by atoms with Crippen LogP contribution >= 0.6 is 11.3 Å². The first kappa shape index (κ1) is 14.1. The lowest BCUT2D eigenvalue weighted by molar-refractivity contribution is -0.139. The zero-order chi connectivity index (χ0) is 12.7. The number of methoxy groups -OCH3 is 1. The molecule has 0 saturated carbocycles. The lowest BCUT2D eigenvalue weighted by Crippen LogP contribution is -2.06. The molecule has 1 aromatic rings. The first-order valence-corrected chi connectivity index (χ1v) is 6.71. The van der Waals surface area contributed by atoms with E-state index < -0.39 is 0 Å². The van der Waals surface area contributed by atoms with Gasteiger partial charge in [-0.25, -0.2) is 4.98 Å². The van der Waals surface area contributed by atoms with E-state index >= 15 is 0 Å². The predicted molar refractivity (Wildman–Crippen MR) is 67.1 cm³/mol. The fourth-order valence-electron chi connectivity index (χ4n) is 1.51. The van der Waals surface area contributed by atoms with Gasteiger partial charge in [-0.15, -0.1) is 11.3 Å². The van der Waals surface area contributed by atoms with Gasteiger partial charge in [0.15, 0.2) is 0 Å². The number of aromatic nitrogens is 1. The van der Waals surface area contributed by atoms with Gasteiger partial charge in [-0.3, -0.25) is 4.79 Å². The van der Waals surface area contributed by atoms with Crippen molar-refractivity contribution in [1.29, 1.82) is 0 Å². The summed E-state index contributed by atoms with van der Waals surface area (Å²) in [6.07, 6.45) is 2.30. The molecule has 0 N–H and O–H groups in total. The van der Waals surface area contributed by atoms with Crippen molar-refractivity contribution in [2.45, 2.75) is 39.2 Å². The molecule has 0 spiro atoms. The van der Waals surface area contributed by atoms with Crippen LogP contribution in [0.3, 0.4) is 0 Å². The molecule has 1 aromatic heterocycles. The van der Waals surface area contributed by atoms with E-state index in [1.54, 1.807) is 11.3 Å². The Morgan fingerprint density at radius 1 is 1.53 bits per heavy atom. The SMILES string of the molecule is CCCC(OCC)c1nc(CC(=O)OC)cs1. The topological polar surface area (TPSA) is 48.4 Å². The number of ether oxygens (including phenoxy) is 2. The number of rotatable bonds is 7. The molecule has 0 saturated heterocycles. The number of esters is 1. The largest absolute Gasteiger partial charge is 0.469 e. The fourth-order valence-corrected chi connectivity index (χ4v) is 2.41. The van der Waals surface area contributed by atoms with Gasteiger partial charge in [-0.2, -0.15) is 0 Å². The van der Waals surface area contributed by atoms with Crippen LogP contribution in [-0.2, 0) is 20.7 Å². The van der Waals surface area contributed by atoms with Crippen LogP contribution in [-0.4, -0.2) is 24.7 Å². The Kier molecular flexibility index (Phi) is 6.15. The molecular weight excluding hydrogens is 238 g/mol. The Bertz CT molecular complexity index is 345. The van der Waals surface area contributed by atoms with Crippen LogP contribution in [0.1, 0.15) is 43.5 Å². The van der Waals surface area contributed by atoms with E-state index in [4.69, 9.17) is 4.74 Å². The second-order valence-electron chi connectivity index (χ2n) is 3.66. The van der Waals surface area contributed by atoms with Crippen molar-refractivity contribution in [3.05, 3.63) is 16.1 Å². The average Bonchev–Trinajstić information content (AvgIpc) is 2.77. The maximum atomic E-state index is 11.1. The molecule has 0 aliphatic rings. The van der Waals surface area contributed by atoms with Crippen LogP contribution in [0.15, 0.2) is 5.38 Å². The summed E-state index contributed by atoms with van der Waals surface area (Å²) in [6, 6.07) is 0. The second-order valence-corrected chi connectivity index (χ2v) is 4.55. The summed E-state index contributed by atoms with van der Waals surface area (Å²) in [5, 5.41) is 2.85. The third-order valence-corrected chi connectivity index (χ3v) is 3.30. The van der Waals surface area contributed by atoms with Crippen LogP contribution in [0.25, 0.3) is 0 Å². The molecule has 17 heavy (non-hydrogen) atoms. The molecule has 0 amide bonds. The van der Waals surface area contributed by atoms with Gasteiger partial charge in [-0.1, -0.05) is 13.3 Å². The number of carbonyl (C=O) groups is 1. The second kappa shape index (κ2) is 7.40. The lowest BCUT2D eigenvalue weighted by Gasteiger charge is -2.12. The lowest BCUT2D eigenvalue weighted by atomic mass is 10.2. The number of hydrogen-bond donors (Lipinski definition) is 0. The maximum Gasteiger partial charge on any atom is 0.311 e.